The van der Waals surface area contributed by atoms with Crippen LogP contribution in [-0.2, 0) is 17.5 Å². The lowest BCUT2D eigenvalue weighted by molar-refractivity contribution is 0.0130. The van der Waals surface area contributed by atoms with Gasteiger partial charge in [-0.2, -0.15) is 11.8 Å². The summed E-state index contributed by atoms with van der Waals surface area (Å²) in [5, 5.41) is 0. The zero-order valence-electron chi connectivity index (χ0n) is 18.3. The number of hydrogen-bond donors (Lipinski definition) is 0. The SMILES string of the molecule is CSCc1cn2c(n1)c(N1C[C@@H](C)N(C(=O)OC(C)(C)C)C[C@@H]1C)cc(=O)n2C. The van der Waals surface area contributed by atoms with Gasteiger partial charge in [0.25, 0.3) is 5.56 Å². The first-order chi connectivity index (χ1) is 13.5. The van der Waals surface area contributed by atoms with Crippen molar-refractivity contribution in [2.75, 3.05) is 24.2 Å². The molecule has 0 bridgehead atoms. The van der Waals surface area contributed by atoms with Crippen LogP contribution in [-0.4, -0.2) is 62.2 Å². The minimum Gasteiger partial charge on any atom is -0.444 e. The molecule has 1 fully saturated rings. The predicted molar refractivity (Wildman–Crippen MR) is 117 cm³/mol. The lowest BCUT2D eigenvalue weighted by atomic mass is 10.1. The number of fused-ring (bicyclic) bond motifs is 1. The number of aryl methyl sites for hydroxylation is 1. The lowest BCUT2D eigenvalue weighted by Crippen LogP contribution is -2.59. The number of aromatic nitrogens is 3. The Labute approximate surface area is 175 Å². The Balaban J connectivity index is 1.94. The average molecular weight is 422 g/mol. The molecule has 0 N–H and O–H groups in total. The van der Waals surface area contributed by atoms with E-state index in [9.17, 15) is 9.59 Å². The number of anilines is 1. The van der Waals surface area contributed by atoms with Gasteiger partial charge in [0, 0.05) is 44.0 Å². The van der Waals surface area contributed by atoms with E-state index in [1.807, 2.05) is 44.7 Å². The molecule has 0 aromatic carbocycles. The zero-order chi connectivity index (χ0) is 21.5. The minimum absolute atomic E-state index is 0.0234. The molecule has 0 saturated carbocycles. The van der Waals surface area contributed by atoms with E-state index < -0.39 is 5.60 Å². The van der Waals surface area contributed by atoms with E-state index in [1.54, 1.807) is 34.5 Å². The predicted octanol–water partition coefficient (Wildman–Crippen LogP) is 2.73. The van der Waals surface area contributed by atoms with Crippen LogP contribution in [0.1, 0.15) is 40.3 Å². The molecule has 2 aromatic rings. The molecule has 3 heterocycles. The lowest BCUT2D eigenvalue weighted by Gasteiger charge is -2.45. The third-order valence-corrected chi connectivity index (χ3v) is 5.67. The highest BCUT2D eigenvalue weighted by Gasteiger charge is 2.35. The summed E-state index contributed by atoms with van der Waals surface area (Å²) in [6, 6.07) is 1.62. The molecular weight excluding hydrogens is 390 g/mol. The normalized spacial score (nSPS) is 20.4. The van der Waals surface area contributed by atoms with E-state index in [2.05, 4.69) is 11.8 Å². The molecule has 29 heavy (non-hydrogen) atoms. The van der Waals surface area contributed by atoms with Gasteiger partial charge in [0.05, 0.1) is 17.6 Å². The first-order valence-electron chi connectivity index (χ1n) is 9.85. The van der Waals surface area contributed by atoms with Crippen molar-refractivity contribution in [3.05, 3.63) is 28.3 Å². The Hall–Kier alpha value is -2.16. The summed E-state index contributed by atoms with van der Waals surface area (Å²) < 4.78 is 8.96. The van der Waals surface area contributed by atoms with Gasteiger partial charge in [-0.25, -0.2) is 19.0 Å². The van der Waals surface area contributed by atoms with Gasteiger partial charge in [-0.05, 0) is 40.9 Å². The largest absolute Gasteiger partial charge is 0.444 e. The average Bonchev–Trinajstić information content (AvgIpc) is 3.03. The van der Waals surface area contributed by atoms with Crippen LogP contribution >= 0.6 is 11.8 Å². The maximum atomic E-state index is 12.6. The number of imidazole rings is 1. The second-order valence-corrected chi connectivity index (χ2v) is 9.57. The Morgan fingerprint density at radius 1 is 1.28 bits per heavy atom. The first-order valence-corrected chi connectivity index (χ1v) is 11.2. The van der Waals surface area contributed by atoms with Gasteiger partial charge in [0.15, 0.2) is 5.65 Å². The molecule has 0 radical (unpaired) electrons. The molecular formula is C20H31N5O3S. The molecule has 0 spiro atoms. The Morgan fingerprint density at radius 2 is 1.97 bits per heavy atom. The van der Waals surface area contributed by atoms with Crippen LogP contribution in [0, 0.1) is 0 Å². The molecule has 0 aliphatic carbocycles. The van der Waals surface area contributed by atoms with Crippen LogP contribution in [0.4, 0.5) is 10.5 Å². The van der Waals surface area contributed by atoms with E-state index in [0.717, 1.165) is 22.8 Å². The van der Waals surface area contributed by atoms with E-state index >= 15 is 0 Å². The second kappa shape index (κ2) is 7.93. The Kier molecular flexibility index (Phi) is 5.89. The quantitative estimate of drug-likeness (QED) is 0.759. The van der Waals surface area contributed by atoms with Crippen molar-refractivity contribution >= 4 is 29.2 Å². The summed E-state index contributed by atoms with van der Waals surface area (Å²) in [6.45, 7) is 10.8. The highest BCUT2D eigenvalue weighted by Crippen LogP contribution is 2.27. The molecule has 2 atom stereocenters. The smallest absolute Gasteiger partial charge is 0.410 e. The second-order valence-electron chi connectivity index (χ2n) is 8.71. The number of rotatable bonds is 3. The van der Waals surface area contributed by atoms with Gasteiger partial charge in [0.2, 0.25) is 0 Å². The number of carbonyl (C=O) groups is 1. The Bertz CT molecular complexity index is 961. The van der Waals surface area contributed by atoms with Gasteiger partial charge >= 0.3 is 6.09 Å². The van der Waals surface area contributed by atoms with Gasteiger partial charge < -0.3 is 14.5 Å². The van der Waals surface area contributed by atoms with E-state index in [0.29, 0.717) is 13.1 Å². The minimum atomic E-state index is -0.529. The summed E-state index contributed by atoms with van der Waals surface area (Å²) in [5.41, 5.74) is 1.89. The van der Waals surface area contributed by atoms with Crippen LogP contribution in [0.25, 0.3) is 5.65 Å². The number of thioether (sulfide) groups is 1. The third-order valence-electron chi connectivity index (χ3n) is 5.08. The topological polar surface area (TPSA) is 72.1 Å². The summed E-state index contributed by atoms with van der Waals surface area (Å²) >= 11 is 1.70. The van der Waals surface area contributed by atoms with E-state index in [1.165, 1.54) is 0 Å². The van der Waals surface area contributed by atoms with Crippen LogP contribution in [0.5, 0.6) is 0 Å². The molecule has 160 valence electrons. The fourth-order valence-electron chi connectivity index (χ4n) is 3.67. The van der Waals surface area contributed by atoms with Gasteiger partial charge in [-0.1, -0.05) is 0 Å². The maximum absolute atomic E-state index is 12.6. The fraction of sp³-hybridized carbons (Fsp3) is 0.650. The van der Waals surface area contributed by atoms with Crippen molar-refractivity contribution in [2.24, 2.45) is 7.05 Å². The number of carbonyl (C=O) groups excluding carboxylic acids is 1. The number of amides is 1. The van der Waals surface area contributed by atoms with Crippen LogP contribution in [0.2, 0.25) is 0 Å². The number of nitrogens with zero attached hydrogens (tertiary/aromatic N) is 5. The van der Waals surface area contributed by atoms with Crippen LogP contribution in [0.15, 0.2) is 17.1 Å². The van der Waals surface area contributed by atoms with Crippen LogP contribution < -0.4 is 10.5 Å². The molecule has 1 saturated heterocycles. The number of piperazine rings is 1. The summed E-state index contributed by atoms with van der Waals surface area (Å²) in [6.07, 6.45) is 3.65. The van der Waals surface area contributed by atoms with Gasteiger partial charge in [0.1, 0.15) is 5.60 Å². The van der Waals surface area contributed by atoms with Crippen LogP contribution in [0.3, 0.4) is 0 Å². The molecule has 3 rings (SSSR count). The van der Waals surface area contributed by atoms with Crippen molar-refractivity contribution in [3.8, 4) is 0 Å². The van der Waals surface area contributed by atoms with E-state index in [4.69, 9.17) is 9.72 Å². The Morgan fingerprint density at radius 3 is 2.59 bits per heavy atom. The standard InChI is InChI=1S/C20H31N5O3S/c1-13-10-24(19(27)28-20(3,4)5)14(2)9-23(13)16-8-17(26)22(6)25-11-15(12-29-7)21-18(16)25/h8,11,13-14H,9-10,12H2,1-7H3/t13-,14+/m0/s1. The summed E-state index contributed by atoms with van der Waals surface area (Å²) in [4.78, 5) is 33.9. The molecule has 1 amide bonds. The van der Waals surface area contributed by atoms with Crippen molar-refractivity contribution in [1.82, 2.24) is 19.1 Å². The molecule has 8 nitrogen and oxygen atoms in total. The van der Waals surface area contributed by atoms with E-state index in [-0.39, 0.29) is 23.7 Å². The molecule has 9 heteroatoms. The molecule has 0 unspecified atom stereocenters. The highest BCUT2D eigenvalue weighted by atomic mass is 32.2. The molecule has 2 aromatic heterocycles. The monoisotopic (exact) mass is 421 g/mol. The first kappa shape index (κ1) is 21.5. The van der Waals surface area contributed by atoms with Crippen molar-refractivity contribution < 1.29 is 9.53 Å². The van der Waals surface area contributed by atoms with Crippen molar-refractivity contribution in [3.63, 3.8) is 0 Å². The fourth-order valence-corrected chi connectivity index (χ4v) is 4.10. The van der Waals surface area contributed by atoms with Gasteiger partial charge in [-0.3, -0.25) is 4.79 Å². The molecule has 1 aliphatic heterocycles. The maximum Gasteiger partial charge on any atom is 0.410 e. The van der Waals surface area contributed by atoms with Crippen molar-refractivity contribution in [1.29, 1.82) is 0 Å². The highest BCUT2D eigenvalue weighted by molar-refractivity contribution is 7.97. The third kappa shape index (κ3) is 4.39. The zero-order valence-corrected chi connectivity index (χ0v) is 19.1. The van der Waals surface area contributed by atoms with Crippen molar-refractivity contribution in [2.45, 2.75) is 58.1 Å². The van der Waals surface area contributed by atoms with Gasteiger partial charge in [-0.15, -0.1) is 0 Å². The number of ether oxygens (including phenoxy) is 1. The summed E-state index contributed by atoms with van der Waals surface area (Å²) in [7, 11) is 1.75. The number of hydrogen-bond acceptors (Lipinski definition) is 6. The molecule has 1 aliphatic rings. The summed E-state index contributed by atoms with van der Waals surface area (Å²) in [5.74, 6) is 0.785.